The second kappa shape index (κ2) is 11.8. The third kappa shape index (κ3) is 6.16. The average Bonchev–Trinajstić information content (AvgIpc) is 3.11. The normalized spacial score (nSPS) is 22.9. The Morgan fingerprint density at radius 2 is 1.92 bits per heavy atom. The molecule has 0 bridgehead atoms. The number of fused-ring (bicyclic) bond motifs is 1. The van der Waals surface area contributed by atoms with Crippen molar-refractivity contribution in [2.45, 2.75) is 72.9 Å². The van der Waals surface area contributed by atoms with E-state index in [9.17, 15) is 4.79 Å². The van der Waals surface area contributed by atoms with E-state index in [0.29, 0.717) is 42.6 Å². The molecule has 0 radical (unpaired) electrons. The molecular weight excluding hydrogens is 462 g/mol. The molecule has 1 amide bonds. The fourth-order valence-electron chi connectivity index (χ4n) is 5.02. The predicted octanol–water partition coefficient (Wildman–Crippen LogP) is 5.94. The number of hydrogen-bond acceptors (Lipinski definition) is 6. The number of amides is 1. The lowest BCUT2D eigenvalue weighted by molar-refractivity contribution is -0.128. The molecular formula is C30H39N5O2. The van der Waals surface area contributed by atoms with Crippen molar-refractivity contribution in [3.05, 3.63) is 64.9 Å². The number of carbonyl (C=O) groups is 1. The van der Waals surface area contributed by atoms with Crippen LogP contribution in [-0.2, 0) is 16.1 Å². The molecule has 0 aliphatic carbocycles. The summed E-state index contributed by atoms with van der Waals surface area (Å²) in [5, 5.41) is 21.1. The number of nitrogens with zero attached hydrogens (tertiary/aromatic N) is 4. The van der Waals surface area contributed by atoms with Crippen molar-refractivity contribution >= 4 is 28.6 Å². The predicted molar refractivity (Wildman–Crippen MR) is 151 cm³/mol. The molecule has 0 aromatic heterocycles. The van der Waals surface area contributed by atoms with Gasteiger partial charge >= 0.3 is 0 Å². The van der Waals surface area contributed by atoms with Gasteiger partial charge in [-0.1, -0.05) is 50.3 Å². The van der Waals surface area contributed by atoms with Crippen molar-refractivity contribution in [2.75, 3.05) is 13.2 Å². The first-order valence-electron chi connectivity index (χ1n) is 13.3. The fourth-order valence-corrected chi connectivity index (χ4v) is 5.02. The quantitative estimate of drug-likeness (QED) is 0.469. The van der Waals surface area contributed by atoms with Crippen LogP contribution in [0.25, 0.3) is 5.57 Å². The smallest absolute Gasteiger partial charge is 0.297 e. The van der Waals surface area contributed by atoms with Gasteiger partial charge in [-0.25, -0.2) is 5.01 Å². The summed E-state index contributed by atoms with van der Waals surface area (Å²) >= 11 is 0. The Morgan fingerprint density at radius 3 is 2.51 bits per heavy atom. The van der Waals surface area contributed by atoms with E-state index in [1.807, 2.05) is 37.9 Å². The van der Waals surface area contributed by atoms with E-state index in [1.54, 1.807) is 5.01 Å². The highest BCUT2D eigenvalue weighted by Gasteiger charge is 2.40. The Bertz CT molecular complexity index is 1180. The second-order valence-electron chi connectivity index (χ2n) is 10.4. The molecule has 1 aromatic rings. The number of benzene rings is 1. The van der Waals surface area contributed by atoms with Crippen molar-refractivity contribution in [3.8, 4) is 0 Å². The maximum Gasteiger partial charge on any atom is 0.297 e. The van der Waals surface area contributed by atoms with Gasteiger partial charge in [0.15, 0.2) is 5.71 Å². The SMILES string of the molecule is CC=C1CC(=CC)N(Cc2ccc(C(=CC(C)=N)CC(C)C)cc2)N=C2C(=O)N(C3CCCOC3)N=C12. The van der Waals surface area contributed by atoms with Gasteiger partial charge in [0.2, 0.25) is 0 Å². The summed E-state index contributed by atoms with van der Waals surface area (Å²) in [5.74, 6) is 0.365. The molecule has 1 aromatic carbocycles. The second-order valence-corrected chi connectivity index (χ2v) is 10.4. The van der Waals surface area contributed by atoms with E-state index in [2.05, 4.69) is 44.2 Å². The van der Waals surface area contributed by atoms with Crippen LogP contribution in [0.15, 0.2) is 64.0 Å². The Morgan fingerprint density at radius 1 is 1.16 bits per heavy atom. The van der Waals surface area contributed by atoms with Crippen molar-refractivity contribution in [1.29, 1.82) is 5.41 Å². The Hall–Kier alpha value is -3.32. The molecule has 1 N–H and O–H groups in total. The summed E-state index contributed by atoms with van der Waals surface area (Å²) < 4.78 is 5.62. The van der Waals surface area contributed by atoms with Gasteiger partial charge in [-0.15, -0.1) is 0 Å². The lowest BCUT2D eigenvalue weighted by Crippen LogP contribution is -2.41. The zero-order valence-corrected chi connectivity index (χ0v) is 22.8. The molecule has 1 unspecified atom stereocenters. The first-order valence-corrected chi connectivity index (χ1v) is 13.3. The summed E-state index contributed by atoms with van der Waals surface area (Å²) in [5.41, 5.74) is 7.14. The molecule has 1 atom stereocenters. The molecule has 3 heterocycles. The Balaban J connectivity index is 1.61. The van der Waals surface area contributed by atoms with Crippen LogP contribution in [0.5, 0.6) is 0 Å². The topological polar surface area (TPSA) is 81.4 Å². The van der Waals surface area contributed by atoms with Gasteiger partial charge in [-0.2, -0.15) is 10.2 Å². The van der Waals surface area contributed by atoms with Crippen LogP contribution in [0.4, 0.5) is 0 Å². The Labute approximate surface area is 220 Å². The largest absolute Gasteiger partial charge is 0.379 e. The molecule has 7 nitrogen and oxygen atoms in total. The summed E-state index contributed by atoms with van der Waals surface area (Å²) in [7, 11) is 0. The van der Waals surface area contributed by atoms with Gasteiger partial charge in [0.1, 0.15) is 5.71 Å². The van der Waals surface area contributed by atoms with Crippen molar-refractivity contribution in [2.24, 2.45) is 16.1 Å². The van der Waals surface area contributed by atoms with E-state index < -0.39 is 0 Å². The number of rotatable bonds is 7. The van der Waals surface area contributed by atoms with E-state index >= 15 is 0 Å². The maximum absolute atomic E-state index is 13.5. The summed E-state index contributed by atoms with van der Waals surface area (Å²) in [6, 6.07) is 8.45. The summed E-state index contributed by atoms with van der Waals surface area (Å²) in [6.07, 6.45) is 9.48. The van der Waals surface area contributed by atoms with Gasteiger partial charge in [0.05, 0.1) is 19.2 Å². The first kappa shape index (κ1) is 26.7. The minimum Gasteiger partial charge on any atom is -0.379 e. The molecule has 3 aliphatic heterocycles. The fraction of sp³-hybridized carbons (Fsp3) is 0.467. The molecule has 1 saturated heterocycles. The molecule has 0 saturated carbocycles. The van der Waals surface area contributed by atoms with Gasteiger partial charge in [0.25, 0.3) is 5.91 Å². The van der Waals surface area contributed by atoms with E-state index in [0.717, 1.165) is 48.3 Å². The lowest BCUT2D eigenvalue weighted by atomic mass is 9.94. The van der Waals surface area contributed by atoms with Crippen LogP contribution in [-0.4, -0.2) is 52.3 Å². The van der Waals surface area contributed by atoms with E-state index in [4.69, 9.17) is 20.3 Å². The first-order chi connectivity index (χ1) is 17.8. The van der Waals surface area contributed by atoms with Crippen molar-refractivity contribution in [1.82, 2.24) is 10.0 Å². The van der Waals surface area contributed by atoms with Crippen LogP contribution in [0.1, 0.15) is 71.4 Å². The lowest BCUT2D eigenvalue weighted by Gasteiger charge is -2.28. The minimum atomic E-state index is -0.145. The maximum atomic E-state index is 13.5. The monoisotopic (exact) mass is 501 g/mol. The highest BCUT2D eigenvalue weighted by molar-refractivity contribution is 6.71. The zero-order valence-electron chi connectivity index (χ0n) is 22.8. The van der Waals surface area contributed by atoms with Crippen LogP contribution < -0.4 is 0 Å². The number of hydrazone groups is 2. The number of allylic oxidation sites excluding steroid dienone is 5. The molecule has 37 heavy (non-hydrogen) atoms. The third-order valence-electron chi connectivity index (χ3n) is 6.91. The van der Waals surface area contributed by atoms with Gasteiger partial charge in [-0.05, 0) is 74.3 Å². The van der Waals surface area contributed by atoms with Crippen LogP contribution in [0.3, 0.4) is 0 Å². The van der Waals surface area contributed by atoms with E-state index in [-0.39, 0.29) is 11.9 Å². The third-order valence-corrected chi connectivity index (χ3v) is 6.91. The van der Waals surface area contributed by atoms with Crippen LogP contribution in [0, 0.1) is 11.3 Å². The van der Waals surface area contributed by atoms with Crippen molar-refractivity contribution in [3.63, 3.8) is 0 Å². The van der Waals surface area contributed by atoms with Crippen LogP contribution in [0.2, 0.25) is 0 Å². The molecule has 196 valence electrons. The number of hydrogen-bond donors (Lipinski definition) is 1. The highest BCUT2D eigenvalue weighted by atomic mass is 16.5. The van der Waals surface area contributed by atoms with Gasteiger partial charge < -0.3 is 10.1 Å². The molecule has 1 fully saturated rings. The number of nitrogens with one attached hydrogen (secondary N) is 1. The Kier molecular flexibility index (Phi) is 8.54. The molecule has 0 spiro atoms. The zero-order chi connectivity index (χ0) is 26.5. The standard InChI is InChI=1S/C30H39N5O2/c1-6-23-17-26(7-2)34(32-29-28(23)33-35(30(29)36)27-9-8-14-37-19-27)18-22-10-12-24(13-11-22)25(15-20(3)4)16-21(5)31/h6-7,10-13,16,20,27,31H,8-9,14-15,17-19H2,1-5H3. The van der Waals surface area contributed by atoms with Gasteiger partial charge in [-0.3, -0.25) is 9.80 Å². The molecule has 7 heteroatoms. The van der Waals surface area contributed by atoms with Crippen LogP contribution >= 0.6 is 0 Å². The molecule has 3 aliphatic rings. The van der Waals surface area contributed by atoms with Crippen molar-refractivity contribution < 1.29 is 9.53 Å². The summed E-state index contributed by atoms with van der Waals surface area (Å²) in [6.45, 7) is 12.0. The average molecular weight is 502 g/mol. The number of carbonyl (C=O) groups excluding carboxylic acids is 1. The molecule has 4 rings (SSSR count). The van der Waals surface area contributed by atoms with E-state index in [1.165, 1.54) is 5.57 Å². The number of ether oxygens (including phenoxy) is 1. The summed E-state index contributed by atoms with van der Waals surface area (Å²) in [4.78, 5) is 13.5. The van der Waals surface area contributed by atoms with Gasteiger partial charge in [0, 0.05) is 24.4 Å². The minimum absolute atomic E-state index is 0.0404. The highest BCUT2D eigenvalue weighted by Crippen LogP contribution is 2.30.